The van der Waals surface area contributed by atoms with Crippen molar-refractivity contribution >= 4 is 68.3 Å². The molecule has 5 heteroatoms. The molecule has 0 N–H and O–H groups in total. The van der Waals surface area contributed by atoms with E-state index in [9.17, 15) is 0 Å². The summed E-state index contributed by atoms with van der Waals surface area (Å²) in [6.07, 6.45) is 0. The van der Waals surface area contributed by atoms with Crippen LogP contribution in [0.1, 0.15) is 0 Å². The minimum Gasteiger partial charge on any atom is -0.456 e. The lowest BCUT2D eigenvalue weighted by Gasteiger charge is -1.95. The first-order valence-electron chi connectivity index (χ1n) is 4.72. The number of furan rings is 1. The van der Waals surface area contributed by atoms with Gasteiger partial charge in [-0.25, -0.2) is 0 Å². The molecule has 0 aliphatic heterocycles. The zero-order valence-electron chi connectivity index (χ0n) is 8.23. The summed E-state index contributed by atoms with van der Waals surface area (Å²) in [5, 5.41) is 3.60. The quantitative estimate of drug-likeness (QED) is 0.481. The molecule has 0 unspecified atom stereocenters. The van der Waals surface area contributed by atoms with E-state index < -0.39 is 0 Å². The Morgan fingerprint density at radius 2 is 0.941 bits per heavy atom. The first-order chi connectivity index (χ1) is 8.06. The Kier molecular flexibility index (Phi) is 2.68. The third-order valence-electron chi connectivity index (χ3n) is 2.56. The van der Waals surface area contributed by atoms with E-state index >= 15 is 0 Å². The lowest BCUT2D eigenvalue weighted by molar-refractivity contribution is 0.669. The lowest BCUT2D eigenvalue weighted by atomic mass is 11.1. The number of halogens is 4. The van der Waals surface area contributed by atoms with Crippen LogP contribution in [0.4, 0.5) is 0 Å². The molecule has 0 atom stereocenters. The Labute approximate surface area is 117 Å². The van der Waals surface area contributed by atoms with E-state index in [2.05, 4.69) is 0 Å². The molecule has 0 aliphatic carbocycles. The first-order valence-corrected chi connectivity index (χ1v) is 6.24. The van der Waals surface area contributed by atoms with Gasteiger partial charge in [0.15, 0.2) is 0 Å². The lowest BCUT2D eigenvalue weighted by Crippen LogP contribution is -1.71. The smallest absolute Gasteiger partial charge is 0.137 e. The van der Waals surface area contributed by atoms with Gasteiger partial charge in [0, 0.05) is 22.9 Å². The minimum absolute atomic E-state index is 0.454. The van der Waals surface area contributed by atoms with Crippen molar-refractivity contribution in [1.82, 2.24) is 0 Å². The fraction of sp³-hybridized carbons (Fsp3) is 0. The van der Waals surface area contributed by atoms with Crippen LogP contribution in [0.15, 0.2) is 28.7 Å². The van der Waals surface area contributed by atoms with Crippen molar-refractivity contribution in [1.29, 1.82) is 0 Å². The predicted molar refractivity (Wildman–Crippen MR) is 73.8 cm³/mol. The average molecular weight is 318 g/mol. The molecule has 0 fully saturated rings. The molecule has 17 heavy (non-hydrogen) atoms. The highest BCUT2D eigenvalue weighted by Gasteiger charge is 2.12. The molecule has 1 heterocycles. The number of hydrogen-bond donors (Lipinski definition) is 0. The average Bonchev–Trinajstić information content (AvgIpc) is 2.58. The summed E-state index contributed by atoms with van der Waals surface area (Å²) in [6.45, 7) is 0. The third kappa shape index (κ3) is 1.78. The zero-order valence-corrected chi connectivity index (χ0v) is 11.3. The van der Waals surface area contributed by atoms with E-state index in [1.165, 1.54) is 0 Å². The monoisotopic (exact) mass is 316 g/mol. The Bertz CT molecular complexity index is 683. The number of rotatable bonds is 0. The van der Waals surface area contributed by atoms with Crippen molar-refractivity contribution in [3.63, 3.8) is 0 Å². The largest absolute Gasteiger partial charge is 0.456 e. The van der Waals surface area contributed by atoms with Gasteiger partial charge >= 0.3 is 0 Å². The predicted octanol–water partition coefficient (Wildman–Crippen LogP) is 6.20. The van der Waals surface area contributed by atoms with Gasteiger partial charge in [-0.15, -0.1) is 0 Å². The summed E-state index contributed by atoms with van der Waals surface area (Å²) >= 11 is 23.8. The molecule has 86 valence electrons. The van der Waals surface area contributed by atoms with Crippen LogP contribution in [-0.4, -0.2) is 0 Å². The molecule has 1 nitrogen and oxygen atoms in total. The molecule has 0 saturated carbocycles. The van der Waals surface area contributed by atoms with Crippen molar-refractivity contribution < 1.29 is 4.42 Å². The number of fused-ring (bicyclic) bond motifs is 3. The summed E-state index contributed by atoms with van der Waals surface area (Å²) in [6, 6.07) is 6.88. The molecule has 0 saturated heterocycles. The highest BCUT2D eigenvalue weighted by atomic mass is 35.5. The topological polar surface area (TPSA) is 13.1 Å². The van der Waals surface area contributed by atoms with Crippen LogP contribution in [-0.2, 0) is 0 Å². The van der Waals surface area contributed by atoms with Crippen LogP contribution in [0.25, 0.3) is 21.9 Å². The third-order valence-corrected chi connectivity index (χ3v) is 4.00. The molecule has 0 amide bonds. The second-order valence-electron chi connectivity index (χ2n) is 3.63. The maximum atomic E-state index is 5.98. The van der Waals surface area contributed by atoms with Crippen LogP contribution in [0.3, 0.4) is 0 Å². The molecule has 0 bridgehead atoms. The van der Waals surface area contributed by atoms with E-state index in [-0.39, 0.29) is 0 Å². The Morgan fingerprint density at radius 3 is 1.35 bits per heavy atom. The minimum atomic E-state index is 0.454. The SMILES string of the molecule is Cl[13c]1[13cH][13c]2o[13c]3[13cH][13c](Cl)[13c](Cl)[13cH][13c]3[13c]2[13cH][13c]1Cl. The molecule has 0 spiro atoms. The number of hydrogen-bond acceptors (Lipinski definition) is 1. The van der Waals surface area contributed by atoms with Gasteiger partial charge in [0.25, 0.3) is 0 Å². The van der Waals surface area contributed by atoms with Crippen molar-refractivity contribution in [2.24, 2.45) is 0 Å². The maximum Gasteiger partial charge on any atom is 0.137 e. The van der Waals surface area contributed by atoms with E-state index in [4.69, 9.17) is 50.8 Å². The first kappa shape index (κ1) is 11.5. The van der Waals surface area contributed by atoms with E-state index in [1.54, 1.807) is 24.3 Å². The van der Waals surface area contributed by atoms with Crippen molar-refractivity contribution in [2.45, 2.75) is 0 Å². The summed E-state index contributed by atoms with van der Waals surface area (Å²) < 4.78 is 5.64. The summed E-state index contributed by atoms with van der Waals surface area (Å²) in [7, 11) is 0. The fourth-order valence-electron chi connectivity index (χ4n) is 1.77. The summed E-state index contributed by atoms with van der Waals surface area (Å²) in [5.41, 5.74) is 1.32. The Hall–Kier alpha value is -0.600. The Balaban J connectivity index is 2.51. The van der Waals surface area contributed by atoms with E-state index in [0.717, 1.165) is 10.8 Å². The van der Waals surface area contributed by atoms with Crippen molar-refractivity contribution in [2.75, 3.05) is 0 Å². The molecule has 3 rings (SSSR count). The van der Waals surface area contributed by atoms with Gasteiger partial charge in [0.1, 0.15) is 11.2 Å². The number of benzene rings is 2. The van der Waals surface area contributed by atoms with Gasteiger partial charge < -0.3 is 4.42 Å². The van der Waals surface area contributed by atoms with Crippen molar-refractivity contribution in [3.05, 3.63) is 44.4 Å². The van der Waals surface area contributed by atoms with Gasteiger partial charge in [-0.2, -0.15) is 0 Å². The standard InChI is InChI=1S/C12H4Cl4O/c13-7-1-5-6-2-8(14)10(16)4-12(6)17-11(5)3-9(7)15/h1-4H/i1+1,2+1,3+1,4+1,5+1,6+1,7+1,8+1,9+1,10+1,11+1,12+1. The van der Waals surface area contributed by atoms with E-state index in [1.807, 2.05) is 0 Å². The molecule has 1 aromatic heterocycles. The fourth-order valence-corrected chi connectivity index (χ4v) is 2.40. The zero-order chi connectivity index (χ0) is 12.2. The second kappa shape index (κ2) is 3.96. The molecule has 0 radical (unpaired) electrons. The molecule has 0 aliphatic rings. The van der Waals surface area contributed by atoms with Crippen LogP contribution in [0.2, 0.25) is 20.1 Å². The van der Waals surface area contributed by atoms with Gasteiger partial charge in [0.2, 0.25) is 0 Å². The van der Waals surface area contributed by atoms with Gasteiger partial charge in [-0.1, -0.05) is 46.4 Å². The summed E-state index contributed by atoms with van der Waals surface area (Å²) in [5.74, 6) is 0. The molecule has 2 aromatic carbocycles. The Morgan fingerprint density at radius 1 is 0.588 bits per heavy atom. The highest BCUT2D eigenvalue weighted by molar-refractivity contribution is 6.44. The van der Waals surface area contributed by atoms with Gasteiger partial charge in [-0.3, -0.25) is 0 Å². The van der Waals surface area contributed by atoms with Crippen LogP contribution in [0, 0.1) is 0 Å². The molecular formula is C12H4Cl4O. The molecule has 3 aromatic rings. The van der Waals surface area contributed by atoms with Crippen molar-refractivity contribution in [3.8, 4) is 0 Å². The normalized spacial score (nSPS) is 11.5. The molecular weight excluding hydrogens is 314 g/mol. The second-order valence-corrected chi connectivity index (χ2v) is 5.26. The van der Waals surface area contributed by atoms with Gasteiger partial charge in [0.05, 0.1) is 20.1 Å². The van der Waals surface area contributed by atoms with Gasteiger partial charge in [-0.05, 0) is 12.1 Å². The van der Waals surface area contributed by atoms with E-state index in [0.29, 0.717) is 31.3 Å². The van der Waals surface area contributed by atoms with Crippen LogP contribution >= 0.6 is 46.4 Å². The maximum absolute atomic E-state index is 5.98. The van der Waals surface area contributed by atoms with Crippen LogP contribution in [0.5, 0.6) is 0 Å². The summed E-state index contributed by atoms with van der Waals surface area (Å²) in [4.78, 5) is 0. The van der Waals surface area contributed by atoms with Crippen LogP contribution < -0.4 is 0 Å². The highest BCUT2D eigenvalue weighted by Crippen LogP contribution is 2.37.